The molecule has 7 rings (SSSR count). The molecule has 7 nitrogen and oxygen atoms in total. The van der Waals surface area contributed by atoms with Gasteiger partial charge in [-0.15, -0.1) is 0 Å². The zero-order valence-electron chi connectivity index (χ0n) is 23.7. The summed E-state index contributed by atoms with van der Waals surface area (Å²) in [6.07, 6.45) is 4.03. The molecule has 2 saturated heterocycles. The minimum atomic E-state index is -0.744. The van der Waals surface area contributed by atoms with Crippen LogP contribution in [0.15, 0.2) is 76.2 Å². The maximum Gasteiger partial charge on any atom is 0.320 e. The highest BCUT2D eigenvalue weighted by Crippen LogP contribution is 2.35. The van der Waals surface area contributed by atoms with E-state index in [0.29, 0.717) is 28.8 Å². The lowest BCUT2D eigenvalue weighted by molar-refractivity contribution is -0.130. The number of carbonyl (C=O) groups is 2. The number of para-hydroxylation sites is 1. The summed E-state index contributed by atoms with van der Waals surface area (Å²) in [5, 5.41) is 5.84. The zero-order valence-corrected chi connectivity index (χ0v) is 25.2. The molecule has 0 radical (unpaired) electrons. The number of benzene rings is 3. The van der Waals surface area contributed by atoms with Gasteiger partial charge < -0.3 is 20.4 Å². The van der Waals surface area contributed by atoms with Crippen molar-refractivity contribution in [3.63, 3.8) is 0 Å². The number of nitrogens with zero attached hydrogens (tertiary/aromatic N) is 3. The Kier molecular flexibility index (Phi) is 8.29. The van der Waals surface area contributed by atoms with Gasteiger partial charge in [0.2, 0.25) is 5.91 Å². The molecule has 3 aliphatic heterocycles. The molecule has 1 unspecified atom stereocenters. The summed E-state index contributed by atoms with van der Waals surface area (Å²) in [5.74, 6) is 0.816. The van der Waals surface area contributed by atoms with Crippen molar-refractivity contribution in [3.05, 3.63) is 93.7 Å². The number of fused-ring (bicyclic) bond motifs is 5. The van der Waals surface area contributed by atoms with Crippen LogP contribution in [0.1, 0.15) is 42.4 Å². The Hall–Kier alpha value is -3.72. The fraction of sp³-hybridized carbons (Fsp3) is 0.364. The Balaban J connectivity index is 1.34. The summed E-state index contributed by atoms with van der Waals surface area (Å²) in [6.45, 7) is 4.01. The molecule has 0 aromatic heterocycles. The van der Waals surface area contributed by atoms with E-state index >= 15 is 4.39 Å². The van der Waals surface area contributed by atoms with Crippen LogP contribution in [-0.2, 0) is 4.79 Å². The first-order chi connectivity index (χ1) is 20.3. The van der Waals surface area contributed by atoms with Gasteiger partial charge in [0.15, 0.2) is 0 Å². The molecule has 9 heteroatoms. The van der Waals surface area contributed by atoms with Crippen molar-refractivity contribution in [2.24, 2.45) is 16.8 Å². The van der Waals surface area contributed by atoms with Gasteiger partial charge in [0, 0.05) is 40.1 Å². The van der Waals surface area contributed by atoms with Gasteiger partial charge in [0.05, 0.1) is 18.8 Å². The van der Waals surface area contributed by atoms with Crippen molar-refractivity contribution in [2.75, 3.05) is 36.4 Å². The largest absolute Gasteiger partial charge is 0.357 e. The van der Waals surface area contributed by atoms with Gasteiger partial charge in [0.1, 0.15) is 12.0 Å². The number of carbonyl (C=O) groups excluding carboxylic acids is 2. The molecule has 42 heavy (non-hydrogen) atoms. The maximum atomic E-state index is 15.2. The Labute approximate surface area is 254 Å². The summed E-state index contributed by atoms with van der Waals surface area (Å²) in [4.78, 5) is 36.0. The molecule has 0 spiro atoms. The molecule has 3 amide bonds. The van der Waals surface area contributed by atoms with Crippen LogP contribution in [0.2, 0.25) is 0 Å². The third kappa shape index (κ3) is 6.21. The van der Waals surface area contributed by atoms with Crippen molar-refractivity contribution in [3.8, 4) is 0 Å². The molecule has 2 N–H and O–H groups in total. The molecular weight excluding hydrogens is 597 g/mol. The summed E-state index contributed by atoms with van der Waals surface area (Å²) >= 11 is 3.43. The molecule has 2 bridgehead atoms. The van der Waals surface area contributed by atoms with Crippen molar-refractivity contribution in [1.29, 1.82) is 0 Å². The highest BCUT2D eigenvalue weighted by atomic mass is 79.9. The number of hydrogen-bond acceptors (Lipinski definition) is 4. The average molecular weight is 633 g/mol. The number of aryl methyl sites for hydroxylation is 1. The smallest absolute Gasteiger partial charge is 0.320 e. The fourth-order valence-corrected chi connectivity index (χ4v) is 6.97. The van der Waals surface area contributed by atoms with Gasteiger partial charge in [0.25, 0.3) is 0 Å². The number of hydrogen-bond donors (Lipinski definition) is 2. The van der Waals surface area contributed by atoms with Crippen LogP contribution in [0.5, 0.6) is 0 Å². The van der Waals surface area contributed by atoms with Gasteiger partial charge in [-0.25, -0.2) is 9.18 Å². The molecule has 1 aliphatic carbocycles. The lowest BCUT2D eigenvalue weighted by Crippen LogP contribution is -2.48. The van der Waals surface area contributed by atoms with Crippen LogP contribution in [0.3, 0.4) is 0 Å². The number of nitrogens with one attached hydrogen (secondary N) is 2. The minimum Gasteiger partial charge on any atom is -0.357 e. The quantitative estimate of drug-likeness (QED) is 0.344. The van der Waals surface area contributed by atoms with Gasteiger partial charge in [-0.2, -0.15) is 0 Å². The molecule has 4 aliphatic rings. The monoisotopic (exact) mass is 631 g/mol. The Bertz CT molecular complexity index is 1510. The molecule has 3 heterocycles. The number of rotatable bonds is 5. The molecule has 3 aromatic carbocycles. The van der Waals surface area contributed by atoms with E-state index in [9.17, 15) is 9.59 Å². The summed E-state index contributed by atoms with van der Waals surface area (Å²) in [6, 6.07) is 19.2. The third-order valence-electron chi connectivity index (χ3n) is 8.60. The molecule has 1 saturated carbocycles. The molecule has 3 aromatic rings. The number of anilines is 2. The van der Waals surface area contributed by atoms with E-state index in [1.807, 2.05) is 47.1 Å². The molecular formula is C33H35BrFN5O2. The first-order valence-electron chi connectivity index (χ1n) is 14.6. The standard InChI is InChI=1S/C33H35BrFN5O2/c1-21-6-4-10-27-31(26-9-2-3-11-28(26)35)37-29(38-33(42)36-25-8-5-7-24(34)16-25)19-40(32(21)27)20-30(41)39-17-22-12-13-23(18-39)15-14-22/h2-11,16,22-23,29H,12-15,17-20H2,1H3,(H2,36,38,42). The molecule has 218 valence electrons. The number of amides is 3. The summed E-state index contributed by atoms with van der Waals surface area (Å²) < 4.78 is 16.1. The van der Waals surface area contributed by atoms with E-state index in [1.165, 1.54) is 31.7 Å². The summed E-state index contributed by atoms with van der Waals surface area (Å²) in [7, 11) is 0. The second-order valence-electron chi connectivity index (χ2n) is 11.6. The number of halogens is 2. The van der Waals surface area contributed by atoms with E-state index in [-0.39, 0.29) is 19.0 Å². The predicted octanol–water partition coefficient (Wildman–Crippen LogP) is 6.35. The van der Waals surface area contributed by atoms with Crippen LogP contribution >= 0.6 is 15.9 Å². The SMILES string of the molecule is Cc1cccc2c1N(CC(=O)N1CC3CCC(CC3)C1)CC(NC(=O)Nc1cccc(Br)c1)N=C2c1ccccc1F. The first-order valence-corrected chi connectivity index (χ1v) is 15.4. The van der Waals surface area contributed by atoms with Crippen LogP contribution in [-0.4, -0.2) is 54.9 Å². The van der Waals surface area contributed by atoms with E-state index in [2.05, 4.69) is 26.6 Å². The second kappa shape index (κ2) is 12.3. The Morgan fingerprint density at radius 2 is 1.62 bits per heavy atom. The van der Waals surface area contributed by atoms with Crippen LogP contribution in [0.4, 0.5) is 20.6 Å². The molecule has 3 fully saturated rings. The van der Waals surface area contributed by atoms with Gasteiger partial charge in [-0.3, -0.25) is 9.79 Å². The summed E-state index contributed by atoms with van der Waals surface area (Å²) in [5.41, 5.74) is 3.95. The minimum absolute atomic E-state index is 0.0784. The normalized spacial score (nSPS) is 21.6. The van der Waals surface area contributed by atoms with Crippen molar-refractivity contribution in [2.45, 2.75) is 38.8 Å². The van der Waals surface area contributed by atoms with E-state index < -0.39 is 18.0 Å². The number of aliphatic imine (C=N–C) groups is 1. The Morgan fingerprint density at radius 3 is 2.33 bits per heavy atom. The van der Waals surface area contributed by atoms with Gasteiger partial charge >= 0.3 is 6.03 Å². The van der Waals surface area contributed by atoms with Crippen LogP contribution in [0, 0.1) is 24.6 Å². The topological polar surface area (TPSA) is 77.0 Å². The fourth-order valence-electron chi connectivity index (χ4n) is 6.57. The average Bonchev–Trinajstić information content (AvgIpc) is 3.36. The lowest BCUT2D eigenvalue weighted by atomic mass is 9.84. The highest BCUT2D eigenvalue weighted by molar-refractivity contribution is 9.10. The van der Waals surface area contributed by atoms with Crippen LogP contribution < -0.4 is 15.5 Å². The highest BCUT2D eigenvalue weighted by Gasteiger charge is 2.34. The van der Waals surface area contributed by atoms with E-state index in [0.717, 1.165) is 34.4 Å². The number of urea groups is 1. The van der Waals surface area contributed by atoms with E-state index in [4.69, 9.17) is 4.99 Å². The molecule has 1 atom stereocenters. The lowest BCUT2D eigenvalue weighted by Gasteiger charge is -2.31. The van der Waals surface area contributed by atoms with Crippen molar-refractivity contribution < 1.29 is 14.0 Å². The second-order valence-corrected chi connectivity index (χ2v) is 12.5. The maximum absolute atomic E-state index is 15.2. The third-order valence-corrected chi connectivity index (χ3v) is 9.09. The predicted molar refractivity (Wildman–Crippen MR) is 168 cm³/mol. The van der Waals surface area contributed by atoms with Crippen molar-refractivity contribution >= 4 is 45.0 Å². The zero-order chi connectivity index (χ0) is 29.2. The first kappa shape index (κ1) is 28.4. The van der Waals surface area contributed by atoms with Gasteiger partial charge in [-0.05, 0) is 80.3 Å². The van der Waals surface area contributed by atoms with Gasteiger partial charge in [-0.1, -0.05) is 52.3 Å². The Morgan fingerprint density at radius 1 is 0.929 bits per heavy atom. The van der Waals surface area contributed by atoms with E-state index in [1.54, 1.807) is 30.3 Å². The number of benzodiazepines with no additional fused rings is 1. The van der Waals surface area contributed by atoms with Crippen LogP contribution in [0.25, 0.3) is 0 Å². The van der Waals surface area contributed by atoms with Crippen molar-refractivity contribution in [1.82, 2.24) is 10.2 Å².